The Balaban J connectivity index is 2.47. The molecule has 0 aliphatic rings. The minimum atomic E-state index is -4.20. The lowest BCUT2D eigenvalue weighted by Gasteiger charge is -2.13. The normalized spacial score (nSPS) is 13.5. The minimum Gasteiger partial charge on any atom is -0.492 e. The molecule has 0 heterocycles. The number of rotatable bonds is 5. The summed E-state index contributed by atoms with van der Waals surface area (Å²) in [5, 5.41) is 0. The van der Waals surface area contributed by atoms with Crippen LogP contribution in [0.5, 0.6) is 5.75 Å². The van der Waals surface area contributed by atoms with E-state index in [-0.39, 0.29) is 30.2 Å². The number of benzene rings is 1. The Bertz CT molecular complexity index is 355. The average Bonchev–Trinajstić information content (AvgIpc) is 2.23. The van der Waals surface area contributed by atoms with Gasteiger partial charge in [0.15, 0.2) is 0 Å². The number of ether oxygens (including phenoxy) is 1. The molecule has 0 saturated heterocycles. The van der Waals surface area contributed by atoms with E-state index in [2.05, 4.69) is 0 Å². The Hall–Kier alpha value is -0.880. The Morgan fingerprint density at radius 1 is 1.35 bits per heavy atom. The van der Waals surface area contributed by atoms with Gasteiger partial charge >= 0.3 is 5.51 Å². The summed E-state index contributed by atoms with van der Waals surface area (Å²) in [4.78, 5) is 0. The van der Waals surface area contributed by atoms with Gasteiger partial charge in [-0.25, -0.2) is 0 Å². The summed E-state index contributed by atoms with van der Waals surface area (Å²) >= 11 is -0.0892. The molecule has 0 saturated carbocycles. The molecule has 1 aromatic rings. The van der Waals surface area contributed by atoms with Crippen LogP contribution in [0, 0.1) is 0 Å². The number of hydrogen-bond acceptors (Lipinski definition) is 3. The number of alkyl halides is 3. The molecule has 0 aliphatic carbocycles. The van der Waals surface area contributed by atoms with Gasteiger partial charge in [-0.2, -0.15) is 13.2 Å². The Kier molecular flexibility index (Phi) is 5.14. The summed E-state index contributed by atoms with van der Waals surface area (Å²) in [6.07, 6.45) is 0. The van der Waals surface area contributed by atoms with Crippen molar-refractivity contribution in [2.45, 2.75) is 18.5 Å². The first kappa shape index (κ1) is 14.2. The van der Waals surface area contributed by atoms with Crippen LogP contribution in [0.4, 0.5) is 13.2 Å². The van der Waals surface area contributed by atoms with Crippen LogP contribution in [-0.4, -0.2) is 17.9 Å². The second kappa shape index (κ2) is 6.16. The third kappa shape index (κ3) is 5.32. The number of thioether (sulfide) groups is 1. The number of nitrogens with two attached hydrogens (primary N) is 1. The van der Waals surface area contributed by atoms with Crippen molar-refractivity contribution in [2.75, 3.05) is 12.4 Å². The maximum absolute atomic E-state index is 11.9. The number of hydrogen-bond donors (Lipinski definition) is 1. The zero-order chi connectivity index (χ0) is 12.9. The van der Waals surface area contributed by atoms with Crippen LogP contribution in [0.3, 0.4) is 0 Å². The van der Waals surface area contributed by atoms with Gasteiger partial charge in [-0.1, -0.05) is 18.2 Å². The molecule has 0 aliphatic heterocycles. The maximum atomic E-state index is 11.9. The molecule has 1 atom stereocenters. The van der Waals surface area contributed by atoms with Crippen LogP contribution < -0.4 is 10.5 Å². The predicted molar refractivity (Wildman–Crippen MR) is 63.1 cm³/mol. The number of halogens is 3. The molecule has 1 unspecified atom stereocenters. The molecule has 1 rings (SSSR count). The van der Waals surface area contributed by atoms with Crippen molar-refractivity contribution < 1.29 is 17.9 Å². The third-order valence-corrected chi connectivity index (χ3v) is 2.71. The van der Waals surface area contributed by atoms with Gasteiger partial charge in [0.2, 0.25) is 0 Å². The van der Waals surface area contributed by atoms with E-state index in [1.807, 2.05) is 6.07 Å². The molecule has 17 heavy (non-hydrogen) atoms. The highest BCUT2D eigenvalue weighted by Gasteiger charge is 2.27. The summed E-state index contributed by atoms with van der Waals surface area (Å²) in [7, 11) is 0. The van der Waals surface area contributed by atoms with Crippen LogP contribution in [0.1, 0.15) is 18.5 Å². The minimum absolute atomic E-state index is 0.00785. The second-order valence-corrected chi connectivity index (χ2v) is 4.63. The molecule has 0 fully saturated rings. The lowest BCUT2D eigenvalue weighted by Crippen LogP contribution is -2.11. The van der Waals surface area contributed by atoms with Crippen molar-refractivity contribution in [1.29, 1.82) is 0 Å². The lowest BCUT2D eigenvalue weighted by atomic mass is 10.1. The Morgan fingerprint density at radius 2 is 2.00 bits per heavy atom. The van der Waals surface area contributed by atoms with Crippen molar-refractivity contribution in [2.24, 2.45) is 5.73 Å². The summed E-state index contributed by atoms with van der Waals surface area (Å²) in [6, 6.07) is 6.88. The molecule has 96 valence electrons. The molecule has 0 radical (unpaired) electrons. The molecule has 2 nitrogen and oxygen atoms in total. The first-order valence-electron chi connectivity index (χ1n) is 5.08. The van der Waals surface area contributed by atoms with Crippen molar-refractivity contribution >= 4 is 11.8 Å². The molecule has 0 bridgehead atoms. The fraction of sp³-hybridized carbons (Fsp3) is 0.455. The Labute approximate surface area is 102 Å². The van der Waals surface area contributed by atoms with Crippen LogP contribution >= 0.6 is 11.8 Å². The average molecular weight is 265 g/mol. The third-order valence-electron chi connectivity index (χ3n) is 2.02. The van der Waals surface area contributed by atoms with Crippen LogP contribution in [0.2, 0.25) is 0 Å². The largest absolute Gasteiger partial charge is 0.492 e. The van der Waals surface area contributed by atoms with Crippen molar-refractivity contribution in [3.05, 3.63) is 29.8 Å². The topological polar surface area (TPSA) is 35.2 Å². The zero-order valence-corrected chi connectivity index (χ0v) is 10.1. The van der Waals surface area contributed by atoms with E-state index in [1.165, 1.54) is 0 Å². The number of para-hydroxylation sites is 1. The monoisotopic (exact) mass is 265 g/mol. The zero-order valence-electron chi connectivity index (χ0n) is 9.33. The van der Waals surface area contributed by atoms with E-state index in [1.54, 1.807) is 25.1 Å². The van der Waals surface area contributed by atoms with Crippen LogP contribution in [0.25, 0.3) is 0 Å². The van der Waals surface area contributed by atoms with E-state index in [0.29, 0.717) is 5.75 Å². The molecule has 2 N–H and O–H groups in total. The molecule has 1 aromatic carbocycles. The van der Waals surface area contributed by atoms with Gasteiger partial charge in [0.05, 0.1) is 6.61 Å². The van der Waals surface area contributed by atoms with E-state index in [0.717, 1.165) is 5.56 Å². The van der Waals surface area contributed by atoms with Gasteiger partial charge in [0, 0.05) is 17.4 Å². The molecule has 0 amide bonds. The van der Waals surface area contributed by atoms with E-state index in [9.17, 15) is 13.2 Å². The van der Waals surface area contributed by atoms with Gasteiger partial charge in [-0.15, -0.1) is 0 Å². The van der Waals surface area contributed by atoms with E-state index in [4.69, 9.17) is 10.5 Å². The predicted octanol–water partition coefficient (Wildman–Crippen LogP) is 3.34. The maximum Gasteiger partial charge on any atom is 0.441 e. The molecular weight excluding hydrogens is 251 g/mol. The van der Waals surface area contributed by atoms with Crippen molar-refractivity contribution in [1.82, 2.24) is 0 Å². The molecule has 0 aromatic heterocycles. The smallest absolute Gasteiger partial charge is 0.441 e. The standard InChI is InChI=1S/C11H14F3NOS/c1-8(15)9-4-2-3-5-10(9)16-6-7-17-11(12,13)14/h2-5,8H,6-7,15H2,1H3. The molecule has 6 heteroatoms. The highest BCUT2D eigenvalue weighted by Crippen LogP contribution is 2.30. The van der Waals surface area contributed by atoms with Crippen LogP contribution in [0.15, 0.2) is 24.3 Å². The molecular formula is C11H14F3NOS. The Morgan fingerprint density at radius 3 is 2.59 bits per heavy atom. The summed E-state index contributed by atoms with van der Waals surface area (Å²) in [6.45, 7) is 1.81. The van der Waals surface area contributed by atoms with Gasteiger partial charge in [0.1, 0.15) is 5.75 Å². The van der Waals surface area contributed by atoms with Gasteiger partial charge in [0.25, 0.3) is 0 Å². The summed E-state index contributed by atoms with van der Waals surface area (Å²) in [5.74, 6) is 0.418. The van der Waals surface area contributed by atoms with Gasteiger partial charge < -0.3 is 10.5 Å². The van der Waals surface area contributed by atoms with Gasteiger partial charge in [-0.05, 0) is 24.8 Å². The summed E-state index contributed by atoms with van der Waals surface area (Å²) < 4.78 is 40.9. The summed E-state index contributed by atoms with van der Waals surface area (Å²) in [5.41, 5.74) is 2.31. The fourth-order valence-corrected chi connectivity index (χ4v) is 1.70. The first-order valence-corrected chi connectivity index (χ1v) is 6.06. The fourth-order valence-electron chi connectivity index (χ4n) is 1.30. The van der Waals surface area contributed by atoms with Gasteiger partial charge in [-0.3, -0.25) is 0 Å². The first-order chi connectivity index (χ1) is 7.90. The highest BCUT2D eigenvalue weighted by molar-refractivity contribution is 8.00. The molecule has 0 spiro atoms. The highest BCUT2D eigenvalue weighted by atomic mass is 32.2. The van der Waals surface area contributed by atoms with Crippen molar-refractivity contribution in [3.63, 3.8) is 0 Å². The van der Waals surface area contributed by atoms with E-state index < -0.39 is 5.51 Å². The van der Waals surface area contributed by atoms with Crippen molar-refractivity contribution in [3.8, 4) is 5.75 Å². The lowest BCUT2D eigenvalue weighted by molar-refractivity contribution is -0.0329. The second-order valence-electron chi connectivity index (χ2n) is 3.47. The SMILES string of the molecule is CC(N)c1ccccc1OCCSC(F)(F)F. The quantitative estimate of drug-likeness (QED) is 0.829. The van der Waals surface area contributed by atoms with Crippen LogP contribution in [-0.2, 0) is 0 Å². The van der Waals surface area contributed by atoms with E-state index >= 15 is 0 Å².